The summed E-state index contributed by atoms with van der Waals surface area (Å²) < 4.78 is 6.50. The second kappa shape index (κ2) is 4.92. The molecule has 96 valence electrons. The van der Waals surface area contributed by atoms with Crippen LogP contribution in [0, 0.1) is 0 Å². The summed E-state index contributed by atoms with van der Waals surface area (Å²) in [6, 6.07) is 4.25. The molecule has 1 aromatic rings. The van der Waals surface area contributed by atoms with Crippen LogP contribution < -0.4 is 10.1 Å². The molecule has 1 aliphatic carbocycles. The predicted molar refractivity (Wildman–Crippen MR) is 76.7 cm³/mol. The highest BCUT2D eigenvalue weighted by Gasteiger charge is 2.28. The van der Waals surface area contributed by atoms with Gasteiger partial charge in [0.25, 0.3) is 0 Å². The fraction of sp³-hybridized carbons (Fsp3) is 0.500. The van der Waals surface area contributed by atoms with E-state index in [0.717, 1.165) is 29.7 Å². The number of methoxy groups -OCH3 is 1. The number of hydrogen-bond donors (Lipinski definition) is 1. The van der Waals surface area contributed by atoms with Crippen molar-refractivity contribution >= 4 is 21.8 Å². The Bertz CT molecular complexity index is 499. The number of benzene rings is 1. The number of rotatable bonds is 2. The van der Waals surface area contributed by atoms with Crippen molar-refractivity contribution in [2.24, 2.45) is 4.99 Å². The van der Waals surface area contributed by atoms with Gasteiger partial charge in [0.15, 0.2) is 0 Å². The lowest BCUT2D eigenvalue weighted by Crippen LogP contribution is -2.28. The molecule has 2 aliphatic rings. The van der Waals surface area contributed by atoms with Crippen molar-refractivity contribution in [3.8, 4) is 5.75 Å². The number of halogens is 1. The van der Waals surface area contributed by atoms with E-state index >= 15 is 0 Å². The minimum atomic E-state index is 0.443. The van der Waals surface area contributed by atoms with Gasteiger partial charge in [-0.25, -0.2) is 0 Å². The van der Waals surface area contributed by atoms with Gasteiger partial charge >= 0.3 is 0 Å². The van der Waals surface area contributed by atoms with Crippen LogP contribution in [0.2, 0.25) is 0 Å². The molecular weight excluding hydrogens is 292 g/mol. The summed E-state index contributed by atoms with van der Waals surface area (Å²) in [5.74, 6) is 2.54. The van der Waals surface area contributed by atoms with Crippen molar-refractivity contribution < 1.29 is 4.74 Å². The van der Waals surface area contributed by atoms with Gasteiger partial charge in [-0.3, -0.25) is 4.99 Å². The SMILES string of the molecule is COc1ccc2c(c1Br)CCCC2C1=NCCN1. The first-order chi connectivity index (χ1) is 8.81. The van der Waals surface area contributed by atoms with E-state index in [1.807, 2.05) is 0 Å². The Labute approximate surface area is 116 Å². The second-order valence-corrected chi connectivity index (χ2v) is 5.58. The molecule has 0 spiro atoms. The van der Waals surface area contributed by atoms with Crippen molar-refractivity contribution in [2.45, 2.75) is 25.2 Å². The normalized spacial score (nSPS) is 22.1. The molecule has 0 radical (unpaired) electrons. The van der Waals surface area contributed by atoms with Gasteiger partial charge in [-0.15, -0.1) is 0 Å². The molecule has 18 heavy (non-hydrogen) atoms. The van der Waals surface area contributed by atoms with E-state index in [-0.39, 0.29) is 0 Å². The quantitative estimate of drug-likeness (QED) is 0.911. The van der Waals surface area contributed by atoms with Gasteiger partial charge in [-0.1, -0.05) is 6.07 Å². The highest BCUT2D eigenvalue weighted by atomic mass is 79.9. The van der Waals surface area contributed by atoms with Gasteiger partial charge in [0.05, 0.1) is 18.1 Å². The minimum absolute atomic E-state index is 0.443. The molecule has 0 aromatic heterocycles. The van der Waals surface area contributed by atoms with E-state index < -0.39 is 0 Å². The molecule has 0 fully saturated rings. The Kier molecular flexibility index (Phi) is 3.29. The van der Waals surface area contributed by atoms with Crippen molar-refractivity contribution in [3.63, 3.8) is 0 Å². The van der Waals surface area contributed by atoms with E-state index in [9.17, 15) is 0 Å². The molecule has 1 atom stereocenters. The number of aliphatic imine (C=N–C) groups is 1. The lowest BCUT2D eigenvalue weighted by molar-refractivity contribution is 0.410. The van der Waals surface area contributed by atoms with Gasteiger partial charge in [0, 0.05) is 12.5 Å². The average Bonchev–Trinajstić information content (AvgIpc) is 2.92. The van der Waals surface area contributed by atoms with E-state index in [1.54, 1.807) is 7.11 Å². The van der Waals surface area contributed by atoms with Gasteiger partial charge in [-0.2, -0.15) is 0 Å². The molecule has 0 saturated carbocycles. The van der Waals surface area contributed by atoms with Crippen LogP contribution in [0.15, 0.2) is 21.6 Å². The van der Waals surface area contributed by atoms with Gasteiger partial charge in [0.1, 0.15) is 11.6 Å². The maximum absolute atomic E-state index is 5.38. The highest BCUT2D eigenvalue weighted by Crippen LogP contribution is 2.40. The number of fused-ring (bicyclic) bond motifs is 1. The number of hydrogen-bond acceptors (Lipinski definition) is 3. The summed E-state index contributed by atoms with van der Waals surface area (Å²) in [5, 5.41) is 3.42. The molecule has 1 aromatic carbocycles. The largest absolute Gasteiger partial charge is 0.496 e. The Hall–Kier alpha value is -1.03. The third-order valence-corrected chi connectivity index (χ3v) is 4.66. The molecule has 1 aliphatic heterocycles. The topological polar surface area (TPSA) is 33.6 Å². The fourth-order valence-electron chi connectivity index (χ4n) is 2.92. The Morgan fingerprint density at radius 2 is 2.33 bits per heavy atom. The van der Waals surface area contributed by atoms with Crippen molar-refractivity contribution in [2.75, 3.05) is 20.2 Å². The standard InChI is InChI=1S/C14H17BrN2O/c1-18-12-6-5-9-10(13(12)15)3-2-4-11(9)14-16-7-8-17-14/h5-6,11H,2-4,7-8H2,1H3,(H,16,17). The Morgan fingerprint density at radius 3 is 3.06 bits per heavy atom. The van der Waals surface area contributed by atoms with E-state index in [0.29, 0.717) is 5.92 Å². The van der Waals surface area contributed by atoms with Gasteiger partial charge < -0.3 is 10.1 Å². The maximum Gasteiger partial charge on any atom is 0.133 e. The molecule has 1 heterocycles. The van der Waals surface area contributed by atoms with E-state index in [2.05, 4.69) is 38.4 Å². The first-order valence-electron chi connectivity index (χ1n) is 6.44. The summed E-state index contributed by atoms with van der Waals surface area (Å²) in [7, 11) is 1.72. The zero-order valence-electron chi connectivity index (χ0n) is 10.5. The molecule has 3 rings (SSSR count). The number of nitrogens with zero attached hydrogens (tertiary/aromatic N) is 1. The molecular formula is C14H17BrN2O. The van der Waals surface area contributed by atoms with Gasteiger partial charge in [0.2, 0.25) is 0 Å². The van der Waals surface area contributed by atoms with Crippen molar-refractivity contribution in [1.29, 1.82) is 0 Å². The van der Waals surface area contributed by atoms with Crippen molar-refractivity contribution in [1.82, 2.24) is 5.32 Å². The molecule has 3 nitrogen and oxygen atoms in total. The Balaban J connectivity index is 2.03. The first-order valence-corrected chi connectivity index (χ1v) is 7.24. The zero-order valence-corrected chi connectivity index (χ0v) is 12.1. The molecule has 0 saturated heterocycles. The first kappa shape index (κ1) is 12.0. The third kappa shape index (κ3) is 1.92. The smallest absolute Gasteiger partial charge is 0.133 e. The highest BCUT2D eigenvalue weighted by molar-refractivity contribution is 9.10. The predicted octanol–water partition coefficient (Wildman–Crippen LogP) is 2.88. The zero-order chi connectivity index (χ0) is 12.5. The van der Waals surface area contributed by atoms with E-state index in [1.165, 1.54) is 29.8 Å². The minimum Gasteiger partial charge on any atom is -0.496 e. The summed E-state index contributed by atoms with van der Waals surface area (Å²) in [4.78, 5) is 4.59. The number of nitrogens with one attached hydrogen (secondary N) is 1. The molecule has 1 unspecified atom stereocenters. The average molecular weight is 309 g/mol. The maximum atomic E-state index is 5.38. The van der Waals surface area contributed by atoms with Crippen LogP contribution >= 0.6 is 15.9 Å². The summed E-state index contributed by atoms with van der Waals surface area (Å²) in [6.07, 6.45) is 3.53. The van der Waals surface area contributed by atoms with E-state index in [4.69, 9.17) is 4.74 Å². The van der Waals surface area contributed by atoms with Crippen LogP contribution in [-0.4, -0.2) is 26.0 Å². The molecule has 0 amide bonds. The monoisotopic (exact) mass is 308 g/mol. The third-order valence-electron chi connectivity index (χ3n) is 3.79. The Morgan fingerprint density at radius 1 is 1.44 bits per heavy atom. The number of ether oxygens (including phenoxy) is 1. The fourth-order valence-corrected chi connectivity index (χ4v) is 3.65. The van der Waals surface area contributed by atoms with Crippen molar-refractivity contribution in [3.05, 3.63) is 27.7 Å². The lowest BCUT2D eigenvalue weighted by Gasteiger charge is -2.27. The van der Waals surface area contributed by atoms with Gasteiger partial charge in [-0.05, 0) is 52.4 Å². The van der Waals surface area contributed by atoms with Crippen LogP contribution in [0.4, 0.5) is 0 Å². The summed E-state index contributed by atoms with van der Waals surface area (Å²) >= 11 is 3.68. The van der Waals surface area contributed by atoms with Crippen LogP contribution in [0.3, 0.4) is 0 Å². The van der Waals surface area contributed by atoms with Crippen LogP contribution in [-0.2, 0) is 6.42 Å². The van der Waals surface area contributed by atoms with Crippen LogP contribution in [0.5, 0.6) is 5.75 Å². The second-order valence-electron chi connectivity index (χ2n) is 4.79. The summed E-state index contributed by atoms with van der Waals surface area (Å²) in [5.41, 5.74) is 2.80. The van der Waals surface area contributed by atoms with Crippen LogP contribution in [0.1, 0.15) is 29.9 Å². The summed E-state index contributed by atoms with van der Waals surface area (Å²) in [6.45, 7) is 1.90. The molecule has 0 bridgehead atoms. The molecule has 4 heteroatoms. The van der Waals surface area contributed by atoms with Crippen LogP contribution in [0.25, 0.3) is 0 Å². The number of amidine groups is 1. The molecule has 1 N–H and O–H groups in total. The lowest BCUT2D eigenvalue weighted by atomic mass is 9.82.